The molecular weight excluding hydrogens is 356 g/mol. The van der Waals surface area contributed by atoms with Gasteiger partial charge in [0.05, 0.1) is 17.1 Å². The number of hydrogen-bond donors (Lipinski definition) is 2. The van der Waals surface area contributed by atoms with E-state index in [9.17, 15) is 14.4 Å². The van der Waals surface area contributed by atoms with E-state index < -0.39 is 11.1 Å². The molecular formula is C21H24N4O3. The third kappa shape index (κ3) is 3.89. The van der Waals surface area contributed by atoms with E-state index in [2.05, 4.69) is 10.3 Å². The molecule has 0 fully saturated rings. The topological polar surface area (TPSA) is 87.2 Å². The van der Waals surface area contributed by atoms with Crippen molar-refractivity contribution in [3.8, 4) is 0 Å². The largest absolute Gasteiger partial charge is 0.350 e. The summed E-state index contributed by atoms with van der Waals surface area (Å²) in [7, 11) is 3.93. The molecule has 1 heterocycles. The number of carbonyl (C=O) groups is 1. The number of carbonyl (C=O) groups excluding carboxylic acids is 1. The van der Waals surface area contributed by atoms with Crippen molar-refractivity contribution in [3.63, 3.8) is 0 Å². The van der Waals surface area contributed by atoms with Crippen LogP contribution in [0.4, 0.5) is 0 Å². The van der Waals surface area contributed by atoms with Crippen LogP contribution < -0.4 is 16.4 Å². The van der Waals surface area contributed by atoms with Gasteiger partial charge in [0.15, 0.2) is 0 Å². The molecule has 3 aromatic rings. The van der Waals surface area contributed by atoms with Crippen molar-refractivity contribution in [1.29, 1.82) is 0 Å². The van der Waals surface area contributed by atoms with Crippen molar-refractivity contribution in [2.75, 3.05) is 20.6 Å². The first-order valence-electron chi connectivity index (χ1n) is 9.18. The average Bonchev–Trinajstić information content (AvgIpc) is 2.69. The van der Waals surface area contributed by atoms with Crippen LogP contribution in [0.15, 0.2) is 58.1 Å². The summed E-state index contributed by atoms with van der Waals surface area (Å²) in [6, 6.07) is 15.0. The van der Waals surface area contributed by atoms with Gasteiger partial charge in [-0.15, -0.1) is 0 Å². The standard InChI is InChI=1S/C21H24N4O3/c1-4-25-17-11-10-15(12-16(17)23-20(27)21(25)28)19(26)22-13-18(24(2)3)14-8-6-5-7-9-14/h5-12,18H,4,13H2,1-3H3,(H,22,26)(H,23,27)/t18-/m0/s1. The van der Waals surface area contributed by atoms with Gasteiger partial charge in [0.25, 0.3) is 5.91 Å². The highest BCUT2D eigenvalue weighted by atomic mass is 16.2. The lowest BCUT2D eigenvalue weighted by Crippen LogP contribution is -2.36. The maximum Gasteiger partial charge on any atom is 0.316 e. The zero-order chi connectivity index (χ0) is 20.3. The van der Waals surface area contributed by atoms with Gasteiger partial charge in [-0.3, -0.25) is 14.4 Å². The maximum absolute atomic E-state index is 12.7. The van der Waals surface area contributed by atoms with Gasteiger partial charge in [0.1, 0.15) is 0 Å². The average molecular weight is 380 g/mol. The Bertz CT molecular complexity index is 1100. The highest BCUT2D eigenvalue weighted by molar-refractivity contribution is 5.97. The molecule has 0 saturated heterocycles. The normalized spacial score (nSPS) is 12.3. The third-order valence-electron chi connectivity index (χ3n) is 4.82. The van der Waals surface area contributed by atoms with Crippen LogP contribution in [-0.4, -0.2) is 41.0 Å². The molecule has 0 spiro atoms. The Labute approximate surface area is 162 Å². The van der Waals surface area contributed by atoms with Crippen molar-refractivity contribution in [3.05, 3.63) is 80.4 Å². The molecule has 1 atom stereocenters. The fourth-order valence-corrected chi connectivity index (χ4v) is 3.30. The van der Waals surface area contributed by atoms with Crippen molar-refractivity contribution < 1.29 is 4.79 Å². The molecule has 28 heavy (non-hydrogen) atoms. The molecule has 0 radical (unpaired) electrons. The van der Waals surface area contributed by atoms with Gasteiger partial charge in [-0.1, -0.05) is 30.3 Å². The number of likely N-dealkylation sites (N-methyl/N-ethyl adjacent to an activating group) is 1. The fraction of sp³-hybridized carbons (Fsp3) is 0.286. The number of nitrogens with zero attached hydrogens (tertiary/aromatic N) is 2. The second-order valence-corrected chi connectivity index (χ2v) is 6.84. The minimum absolute atomic E-state index is 0.0377. The highest BCUT2D eigenvalue weighted by Gasteiger charge is 2.16. The first kappa shape index (κ1) is 19.6. The molecule has 7 nitrogen and oxygen atoms in total. The van der Waals surface area contributed by atoms with Gasteiger partial charge in [0, 0.05) is 18.7 Å². The summed E-state index contributed by atoms with van der Waals surface area (Å²) in [5, 5.41) is 2.96. The van der Waals surface area contributed by atoms with Gasteiger partial charge >= 0.3 is 11.1 Å². The number of amides is 1. The molecule has 0 saturated carbocycles. The van der Waals surface area contributed by atoms with E-state index in [1.165, 1.54) is 4.57 Å². The summed E-state index contributed by atoms with van der Waals surface area (Å²) in [6.45, 7) is 2.62. The zero-order valence-electron chi connectivity index (χ0n) is 16.2. The lowest BCUT2D eigenvalue weighted by molar-refractivity contribution is 0.0942. The molecule has 146 valence electrons. The van der Waals surface area contributed by atoms with Gasteiger partial charge in [-0.2, -0.15) is 0 Å². The molecule has 0 bridgehead atoms. The lowest BCUT2D eigenvalue weighted by Gasteiger charge is -2.25. The summed E-state index contributed by atoms with van der Waals surface area (Å²) in [4.78, 5) is 41.1. The Morgan fingerprint density at radius 2 is 1.86 bits per heavy atom. The molecule has 7 heteroatoms. The van der Waals surface area contributed by atoms with Gasteiger partial charge in [0.2, 0.25) is 0 Å². The van der Waals surface area contributed by atoms with Crippen LogP contribution in [0.1, 0.15) is 28.9 Å². The summed E-state index contributed by atoms with van der Waals surface area (Å²) in [5.41, 5.74) is 1.32. The first-order valence-corrected chi connectivity index (χ1v) is 9.18. The molecule has 2 aromatic carbocycles. The maximum atomic E-state index is 12.7. The van der Waals surface area contributed by atoms with Crippen LogP contribution in [0.3, 0.4) is 0 Å². The molecule has 1 amide bonds. The molecule has 0 unspecified atom stereocenters. The van der Waals surface area contributed by atoms with Crippen molar-refractivity contribution in [1.82, 2.24) is 19.8 Å². The highest BCUT2D eigenvalue weighted by Crippen LogP contribution is 2.17. The third-order valence-corrected chi connectivity index (χ3v) is 4.82. The van der Waals surface area contributed by atoms with Crippen LogP contribution in [0.25, 0.3) is 11.0 Å². The number of hydrogen-bond acceptors (Lipinski definition) is 4. The minimum atomic E-state index is -0.691. The van der Waals surface area contributed by atoms with E-state index in [4.69, 9.17) is 0 Å². The number of aromatic nitrogens is 2. The van der Waals surface area contributed by atoms with Crippen molar-refractivity contribution in [2.45, 2.75) is 19.5 Å². The van der Waals surface area contributed by atoms with E-state index in [0.29, 0.717) is 29.7 Å². The van der Waals surface area contributed by atoms with Crippen LogP contribution in [0.5, 0.6) is 0 Å². The van der Waals surface area contributed by atoms with E-state index in [-0.39, 0.29) is 11.9 Å². The summed E-state index contributed by atoms with van der Waals surface area (Å²) < 4.78 is 1.40. The first-order chi connectivity index (χ1) is 13.4. The van der Waals surface area contributed by atoms with E-state index >= 15 is 0 Å². The number of aromatic amines is 1. The summed E-state index contributed by atoms with van der Waals surface area (Å²) >= 11 is 0. The Morgan fingerprint density at radius 3 is 2.50 bits per heavy atom. The van der Waals surface area contributed by atoms with Gasteiger partial charge < -0.3 is 19.8 Å². The number of benzene rings is 2. The van der Waals surface area contributed by atoms with Gasteiger partial charge in [-0.05, 0) is 44.8 Å². The second kappa shape index (κ2) is 8.22. The molecule has 3 rings (SSSR count). The van der Waals surface area contributed by atoms with Crippen LogP contribution in [0.2, 0.25) is 0 Å². The monoisotopic (exact) mass is 380 g/mol. The molecule has 2 N–H and O–H groups in total. The molecule has 0 aliphatic rings. The Morgan fingerprint density at radius 1 is 1.14 bits per heavy atom. The van der Waals surface area contributed by atoms with Crippen LogP contribution in [-0.2, 0) is 6.54 Å². The number of nitrogens with one attached hydrogen (secondary N) is 2. The Kier molecular flexibility index (Phi) is 5.75. The van der Waals surface area contributed by atoms with E-state index in [1.54, 1.807) is 25.1 Å². The SMILES string of the molecule is CCn1c(=O)c(=O)[nH]c2cc(C(=O)NC[C@@H](c3ccccc3)N(C)C)ccc21. The van der Waals surface area contributed by atoms with Crippen molar-refractivity contribution >= 4 is 16.9 Å². The fourth-order valence-electron chi connectivity index (χ4n) is 3.30. The van der Waals surface area contributed by atoms with E-state index in [1.807, 2.05) is 49.3 Å². The number of fused-ring (bicyclic) bond motifs is 1. The zero-order valence-corrected chi connectivity index (χ0v) is 16.2. The molecule has 1 aromatic heterocycles. The van der Waals surface area contributed by atoms with Crippen LogP contribution >= 0.6 is 0 Å². The Balaban J connectivity index is 1.84. The number of aryl methyl sites for hydroxylation is 1. The van der Waals surface area contributed by atoms with Gasteiger partial charge in [-0.25, -0.2) is 0 Å². The number of H-pyrrole nitrogens is 1. The predicted octanol–water partition coefficient (Wildman–Crippen LogP) is 1.74. The minimum Gasteiger partial charge on any atom is -0.350 e. The quantitative estimate of drug-likeness (QED) is 0.638. The number of rotatable bonds is 6. The van der Waals surface area contributed by atoms with Crippen LogP contribution in [0, 0.1) is 0 Å². The van der Waals surface area contributed by atoms with Crippen molar-refractivity contribution in [2.24, 2.45) is 0 Å². The summed E-state index contributed by atoms with van der Waals surface area (Å²) in [6.07, 6.45) is 0. The molecule has 0 aliphatic carbocycles. The Hall–Kier alpha value is -3.19. The second-order valence-electron chi connectivity index (χ2n) is 6.84. The predicted molar refractivity (Wildman–Crippen MR) is 110 cm³/mol. The molecule has 0 aliphatic heterocycles. The lowest BCUT2D eigenvalue weighted by atomic mass is 10.1. The van der Waals surface area contributed by atoms with E-state index in [0.717, 1.165) is 5.56 Å². The smallest absolute Gasteiger partial charge is 0.316 e. The summed E-state index contributed by atoms with van der Waals surface area (Å²) in [5.74, 6) is -0.236.